The minimum atomic E-state index is -4.37. The molecule has 0 radical (unpaired) electrons. The minimum absolute atomic E-state index is 0.0626. The van der Waals surface area contributed by atoms with Crippen molar-refractivity contribution in [1.29, 1.82) is 0 Å². The molecule has 0 aliphatic rings. The van der Waals surface area contributed by atoms with E-state index in [1.165, 1.54) is 12.1 Å². The van der Waals surface area contributed by atoms with E-state index in [0.717, 1.165) is 6.42 Å². The number of alkyl halides is 3. The fraction of sp³-hybridized carbons (Fsp3) is 0.538. The number of benzene rings is 1. The van der Waals surface area contributed by atoms with E-state index < -0.39 is 18.3 Å². The Morgan fingerprint density at radius 3 is 2.33 bits per heavy atom. The van der Waals surface area contributed by atoms with Crippen molar-refractivity contribution in [3.05, 3.63) is 35.9 Å². The van der Waals surface area contributed by atoms with E-state index in [-0.39, 0.29) is 12.1 Å². The lowest BCUT2D eigenvalue weighted by Gasteiger charge is -2.23. The molecule has 1 aromatic rings. The minimum Gasteiger partial charge on any atom is -0.392 e. The molecule has 0 saturated carbocycles. The summed E-state index contributed by atoms with van der Waals surface area (Å²) in [6.45, 7) is 1.81. The van der Waals surface area contributed by atoms with Gasteiger partial charge in [0.05, 0.1) is 6.10 Å². The maximum absolute atomic E-state index is 12.9. The maximum Gasteiger partial charge on any atom is 0.407 e. The summed E-state index contributed by atoms with van der Waals surface area (Å²) in [5, 5.41) is 11.9. The van der Waals surface area contributed by atoms with Gasteiger partial charge in [0.2, 0.25) is 0 Å². The first-order chi connectivity index (χ1) is 8.45. The van der Waals surface area contributed by atoms with Crippen LogP contribution in [0.5, 0.6) is 0 Å². The van der Waals surface area contributed by atoms with Crippen molar-refractivity contribution in [2.45, 2.75) is 38.1 Å². The van der Waals surface area contributed by atoms with Crippen LogP contribution in [0.4, 0.5) is 13.2 Å². The number of rotatable bonds is 6. The summed E-state index contributed by atoms with van der Waals surface area (Å²) in [5.74, 6) is 0. The molecule has 0 aliphatic heterocycles. The monoisotopic (exact) mass is 261 g/mol. The van der Waals surface area contributed by atoms with E-state index in [9.17, 15) is 18.3 Å². The van der Waals surface area contributed by atoms with Crippen molar-refractivity contribution in [2.75, 3.05) is 6.54 Å². The number of aliphatic hydroxyl groups excluding tert-OH is 1. The molecular formula is C13H18F3NO. The SMILES string of the molecule is CCCC(O)CNC(c1ccccc1)C(F)(F)F. The number of halogens is 3. The van der Waals surface area contributed by atoms with Crippen LogP contribution in [0, 0.1) is 0 Å². The van der Waals surface area contributed by atoms with Crippen LogP contribution in [0.15, 0.2) is 30.3 Å². The number of aliphatic hydroxyl groups is 1. The lowest BCUT2D eigenvalue weighted by atomic mass is 10.1. The van der Waals surface area contributed by atoms with Crippen LogP contribution >= 0.6 is 0 Å². The molecule has 0 heterocycles. The first-order valence-corrected chi connectivity index (χ1v) is 5.98. The van der Waals surface area contributed by atoms with Crippen molar-refractivity contribution in [3.8, 4) is 0 Å². The number of hydrogen-bond acceptors (Lipinski definition) is 2. The second kappa shape index (κ2) is 6.75. The van der Waals surface area contributed by atoms with Gasteiger partial charge in [0.25, 0.3) is 0 Å². The van der Waals surface area contributed by atoms with Crippen molar-refractivity contribution < 1.29 is 18.3 Å². The van der Waals surface area contributed by atoms with Gasteiger partial charge in [-0.3, -0.25) is 5.32 Å². The van der Waals surface area contributed by atoms with Crippen LogP contribution in [0.3, 0.4) is 0 Å². The predicted octanol–water partition coefficient (Wildman–Crippen LogP) is 3.04. The Bertz CT molecular complexity index is 340. The van der Waals surface area contributed by atoms with Gasteiger partial charge in [0.1, 0.15) is 6.04 Å². The fourth-order valence-electron chi connectivity index (χ4n) is 1.76. The molecule has 0 amide bonds. The molecule has 0 saturated heterocycles. The van der Waals surface area contributed by atoms with Crippen LogP contribution in [-0.4, -0.2) is 23.9 Å². The average molecular weight is 261 g/mol. The van der Waals surface area contributed by atoms with Gasteiger partial charge in [-0.2, -0.15) is 13.2 Å². The first-order valence-electron chi connectivity index (χ1n) is 5.98. The maximum atomic E-state index is 12.9. The second-order valence-electron chi connectivity index (χ2n) is 4.24. The average Bonchev–Trinajstić information content (AvgIpc) is 2.29. The second-order valence-corrected chi connectivity index (χ2v) is 4.24. The highest BCUT2D eigenvalue weighted by Crippen LogP contribution is 2.32. The van der Waals surface area contributed by atoms with E-state index in [1.54, 1.807) is 18.2 Å². The fourth-order valence-corrected chi connectivity index (χ4v) is 1.76. The lowest BCUT2D eigenvalue weighted by Crippen LogP contribution is -2.38. The summed E-state index contributed by atoms with van der Waals surface area (Å²) in [6.07, 6.45) is -3.88. The molecule has 2 nitrogen and oxygen atoms in total. The van der Waals surface area contributed by atoms with E-state index in [0.29, 0.717) is 6.42 Å². The highest BCUT2D eigenvalue weighted by Gasteiger charge is 2.40. The van der Waals surface area contributed by atoms with Crippen molar-refractivity contribution in [1.82, 2.24) is 5.32 Å². The van der Waals surface area contributed by atoms with E-state index >= 15 is 0 Å². The molecule has 5 heteroatoms. The molecule has 2 N–H and O–H groups in total. The largest absolute Gasteiger partial charge is 0.407 e. The number of nitrogens with one attached hydrogen (secondary N) is 1. The van der Waals surface area contributed by atoms with Crippen LogP contribution in [0.25, 0.3) is 0 Å². The molecule has 0 spiro atoms. The van der Waals surface area contributed by atoms with E-state index in [1.807, 2.05) is 6.92 Å². The third kappa shape index (κ3) is 4.66. The van der Waals surface area contributed by atoms with Gasteiger partial charge in [-0.05, 0) is 12.0 Å². The van der Waals surface area contributed by atoms with Crippen LogP contribution in [0.1, 0.15) is 31.4 Å². The van der Waals surface area contributed by atoms with Gasteiger partial charge in [0.15, 0.2) is 0 Å². The Labute approximate surface area is 105 Å². The normalized spacial score (nSPS) is 15.4. The highest BCUT2D eigenvalue weighted by atomic mass is 19.4. The molecule has 18 heavy (non-hydrogen) atoms. The zero-order chi connectivity index (χ0) is 13.6. The van der Waals surface area contributed by atoms with E-state index in [2.05, 4.69) is 5.32 Å². The molecule has 102 valence electrons. The summed E-state index contributed by atoms with van der Waals surface area (Å²) in [5.41, 5.74) is 0.161. The predicted molar refractivity (Wildman–Crippen MR) is 64.2 cm³/mol. The van der Waals surface area contributed by atoms with Crippen LogP contribution in [-0.2, 0) is 0 Å². The Balaban J connectivity index is 2.69. The standard InChI is InChI=1S/C13H18F3NO/c1-2-6-11(18)9-17-12(13(14,15)16)10-7-4-3-5-8-10/h3-5,7-8,11-12,17-18H,2,6,9H2,1H3. The van der Waals surface area contributed by atoms with Gasteiger partial charge >= 0.3 is 6.18 Å². The lowest BCUT2D eigenvalue weighted by molar-refractivity contribution is -0.158. The highest BCUT2D eigenvalue weighted by molar-refractivity contribution is 5.20. The Morgan fingerprint density at radius 1 is 1.22 bits per heavy atom. The third-order valence-electron chi connectivity index (χ3n) is 2.64. The summed E-state index contributed by atoms with van der Waals surface area (Å²) >= 11 is 0. The summed E-state index contributed by atoms with van der Waals surface area (Å²) in [7, 11) is 0. The van der Waals surface area contributed by atoms with Crippen LogP contribution in [0.2, 0.25) is 0 Å². The molecule has 1 rings (SSSR count). The molecule has 1 aromatic carbocycles. The molecule has 2 atom stereocenters. The third-order valence-corrected chi connectivity index (χ3v) is 2.64. The Kier molecular flexibility index (Phi) is 5.62. The van der Waals surface area contributed by atoms with Gasteiger partial charge < -0.3 is 5.11 Å². The van der Waals surface area contributed by atoms with Crippen molar-refractivity contribution in [3.63, 3.8) is 0 Å². The summed E-state index contributed by atoms with van der Waals surface area (Å²) < 4.78 is 38.7. The molecule has 0 bridgehead atoms. The quantitative estimate of drug-likeness (QED) is 0.825. The molecule has 0 fully saturated rings. The van der Waals surface area contributed by atoms with Gasteiger partial charge in [-0.25, -0.2) is 0 Å². The zero-order valence-electron chi connectivity index (χ0n) is 10.2. The molecule has 0 aliphatic carbocycles. The van der Waals surface area contributed by atoms with Gasteiger partial charge in [-0.1, -0.05) is 43.7 Å². The summed E-state index contributed by atoms with van der Waals surface area (Å²) in [6, 6.07) is 5.93. The molecular weight excluding hydrogens is 243 g/mol. The van der Waals surface area contributed by atoms with Crippen LogP contribution < -0.4 is 5.32 Å². The summed E-state index contributed by atoms with van der Waals surface area (Å²) in [4.78, 5) is 0. The van der Waals surface area contributed by atoms with Crippen molar-refractivity contribution in [2.24, 2.45) is 0 Å². The van der Waals surface area contributed by atoms with E-state index in [4.69, 9.17) is 0 Å². The Morgan fingerprint density at radius 2 is 1.83 bits per heavy atom. The molecule has 0 aromatic heterocycles. The van der Waals surface area contributed by atoms with Crippen molar-refractivity contribution >= 4 is 0 Å². The molecule has 2 unspecified atom stereocenters. The smallest absolute Gasteiger partial charge is 0.392 e. The first kappa shape index (κ1) is 15.0. The number of hydrogen-bond donors (Lipinski definition) is 2. The Hall–Kier alpha value is -1.07. The van der Waals surface area contributed by atoms with Gasteiger partial charge in [-0.15, -0.1) is 0 Å². The zero-order valence-corrected chi connectivity index (χ0v) is 10.2. The topological polar surface area (TPSA) is 32.3 Å². The van der Waals surface area contributed by atoms with Gasteiger partial charge in [0, 0.05) is 6.54 Å².